The second kappa shape index (κ2) is 3.66. The third kappa shape index (κ3) is 1.63. The Labute approximate surface area is 90.1 Å². The molecule has 80 valence electrons. The number of nitrogens with zero attached hydrogens (tertiary/aromatic N) is 2. The Morgan fingerprint density at radius 1 is 1.27 bits per heavy atom. The van der Waals surface area contributed by atoms with Gasteiger partial charge in [-0.2, -0.15) is 0 Å². The van der Waals surface area contributed by atoms with E-state index in [4.69, 9.17) is 0 Å². The van der Waals surface area contributed by atoms with Gasteiger partial charge in [0.15, 0.2) is 0 Å². The molecule has 1 aromatic heterocycles. The average Bonchev–Trinajstić information content (AvgIpc) is 2.47. The third-order valence-corrected chi connectivity index (χ3v) is 2.92. The lowest BCUT2D eigenvalue weighted by Crippen LogP contribution is -2.10. The first-order chi connectivity index (χ1) is 7.13. The second-order valence-corrected chi connectivity index (χ2v) is 4.04. The Morgan fingerprint density at radius 2 is 1.93 bits per heavy atom. The van der Waals surface area contributed by atoms with E-state index in [1.807, 2.05) is 7.05 Å². The van der Waals surface area contributed by atoms with Crippen LogP contribution in [0.2, 0.25) is 0 Å². The van der Waals surface area contributed by atoms with Crippen LogP contribution in [-0.2, 0) is 13.6 Å². The van der Waals surface area contributed by atoms with Gasteiger partial charge in [-0.1, -0.05) is 0 Å². The molecule has 0 aliphatic heterocycles. The molecular weight excluding hydrogens is 186 g/mol. The maximum Gasteiger partial charge on any atom is 0.123 e. The molecular formula is C12H17N3. The topological polar surface area (TPSA) is 29.9 Å². The Hall–Kier alpha value is -1.35. The summed E-state index contributed by atoms with van der Waals surface area (Å²) in [5.74, 6) is 1.08. The first-order valence-corrected chi connectivity index (χ1v) is 5.20. The Kier molecular flexibility index (Phi) is 2.49. The molecule has 2 aromatic rings. The number of rotatable bonds is 2. The van der Waals surface area contributed by atoms with Crippen LogP contribution in [0.25, 0.3) is 11.0 Å². The average molecular weight is 203 g/mol. The molecule has 0 aliphatic carbocycles. The van der Waals surface area contributed by atoms with E-state index in [1.165, 1.54) is 16.6 Å². The molecule has 0 saturated heterocycles. The number of aromatic nitrogens is 2. The summed E-state index contributed by atoms with van der Waals surface area (Å²) < 4.78 is 2.15. The molecule has 2 rings (SSSR count). The van der Waals surface area contributed by atoms with Gasteiger partial charge in [-0.25, -0.2) is 4.98 Å². The fraction of sp³-hybridized carbons (Fsp3) is 0.417. The van der Waals surface area contributed by atoms with Gasteiger partial charge in [-0.3, -0.25) is 0 Å². The van der Waals surface area contributed by atoms with E-state index in [2.05, 4.69) is 47.9 Å². The largest absolute Gasteiger partial charge is 0.330 e. The van der Waals surface area contributed by atoms with E-state index in [9.17, 15) is 0 Å². The molecule has 0 aliphatic rings. The summed E-state index contributed by atoms with van der Waals surface area (Å²) in [7, 11) is 4.01. The first kappa shape index (κ1) is 10.2. The smallest absolute Gasteiger partial charge is 0.123 e. The van der Waals surface area contributed by atoms with Crippen LogP contribution in [0.1, 0.15) is 17.0 Å². The monoisotopic (exact) mass is 203 g/mol. The lowest BCUT2D eigenvalue weighted by molar-refractivity contribution is 0.719. The van der Waals surface area contributed by atoms with Gasteiger partial charge in [0, 0.05) is 7.05 Å². The van der Waals surface area contributed by atoms with Gasteiger partial charge in [-0.05, 0) is 44.2 Å². The van der Waals surface area contributed by atoms with Crippen LogP contribution in [0, 0.1) is 13.8 Å². The zero-order valence-electron chi connectivity index (χ0n) is 9.76. The molecule has 3 nitrogen and oxygen atoms in total. The van der Waals surface area contributed by atoms with Crippen LogP contribution in [0.4, 0.5) is 0 Å². The maximum absolute atomic E-state index is 4.60. The molecule has 1 N–H and O–H groups in total. The van der Waals surface area contributed by atoms with Crippen LogP contribution in [0.3, 0.4) is 0 Å². The van der Waals surface area contributed by atoms with Crippen LogP contribution in [-0.4, -0.2) is 16.6 Å². The molecule has 0 fully saturated rings. The molecule has 15 heavy (non-hydrogen) atoms. The summed E-state index contributed by atoms with van der Waals surface area (Å²) in [5, 5.41) is 3.13. The SMILES string of the molecule is CNCc1nc2cc(C)c(C)cc2n1C. The lowest BCUT2D eigenvalue weighted by atomic mass is 10.1. The molecule has 1 heterocycles. The normalized spacial score (nSPS) is 11.2. The van der Waals surface area contributed by atoms with Crippen molar-refractivity contribution in [2.24, 2.45) is 7.05 Å². The number of imidazole rings is 1. The lowest BCUT2D eigenvalue weighted by Gasteiger charge is -2.02. The summed E-state index contributed by atoms with van der Waals surface area (Å²) in [6, 6.07) is 4.36. The summed E-state index contributed by atoms with van der Waals surface area (Å²) in [6.07, 6.45) is 0. The van der Waals surface area contributed by atoms with Crippen molar-refractivity contribution in [2.45, 2.75) is 20.4 Å². The molecule has 3 heteroatoms. The molecule has 0 saturated carbocycles. The van der Waals surface area contributed by atoms with Crippen molar-refractivity contribution in [2.75, 3.05) is 7.05 Å². The van der Waals surface area contributed by atoms with Crippen molar-refractivity contribution in [3.05, 3.63) is 29.1 Å². The number of hydrogen-bond acceptors (Lipinski definition) is 2. The standard InChI is InChI=1S/C12H17N3/c1-8-5-10-11(6-9(8)2)15(4)12(14-10)7-13-3/h5-6,13H,7H2,1-4H3. The van der Waals surface area contributed by atoms with Crippen molar-refractivity contribution < 1.29 is 0 Å². The Bertz CT molecular complexity index is 497. The highest BCUT2D eigenvalue weighted by atomic mass is 15.1. The zero-order valence-corrected chi connectivity index (χ0v) is 9.76. The molecule has 0 amide bonds. The highest BCUT2D eigenvalue weighted by molar-refractivity contribution is 5.78. The van der Waals surface area contributed by atoms with Crippen molar-refractivity contribution in [3.8, 4) is 0 Å². The van der Waals surface area contributed by atoms with Gasteiger partial charge in [0.2, 0.25) is 0 Å². The molecule has 0 atom stereocenters. The first-order valence-electron chi connectivity index (χ1n) is 5.20. The van der Waals surface area contributed by atoms with Gasteiger partial charge < -0.3 is 9.88 Å². The fourth-order valence-electron chi connectivity index (χ4n) is 1.81. The zero-order chi connectivity index (χ0) is 11.0. The van der Waals surface area contributed by atoms with Crippen molar-refractivity contribution >= 4 is 11.0 Å². The third-order valence-electron chi connectivity index (χ3n) is 2.92. The van der Waals surface area contributed by atoms with E-state index in [0.29, 0.717) is 0 Å². The van der Waals surface area contributed by atoms with Gasteiger partial charge in [-0.15, -0.1) is 0 Å². The van der Waals surface area contributed by atoms with Crippen LogP contribution < -0.4 is 5.32 Å². The van der Waals surface area contributed by atoms with E-state index in [0.717, 1.165) is 17.9 Å². The Balaban J connectivity index is 2.66. The van der Waals surface area contributed by atoms with Crippen molar-refractivity contribution in [1.29, 1.82) is 0 Å². The molecule has 0 bridgehead atoms. The number of nitrogens with one attached hydrogen (secondary N) is 1. The summed E-state index contributed by atoms with van der Waals surface area (Å²) >= 11 is 0. The predicted molar refractivity (Wildman–Crippen MR) is 63.0 cm³/mol. The minimum Gasteiger partial charge on any atom is -0.330 e. The molecule has 1 aromatic carbocycles. The maximum atomic E-state index is 4.60. The summed E-state index contributed by atoms with van der Waals surface area (Å²) in [5.41, 5.74) is 4.92. The van der Waals surface area contributed by atoms with Gasteiger partial charge in [0.1, 0.15) is 5.82 Å². The van der Waals surface area contributed by atoms with Crippen LogP contribution in [0.15, 0.2) is 12.1 Å². The van der Waals surface area contributed by atoms with Gasteiger partial charge >= 0.3 is 0 Å². The van der Waals surface area contributed by atoms with E-state index >= 15 is 0 Å². The predicted octanol–water partition coefficient (Wildman–Crippen LogP) is 1.91. The Morgan fingerprint density at radius 3 is 2.60 bits per heavy atom. The number of hydrogen-bond donors (Lipinski definition) is 1. The molecule has 0 radical (unpaired) electrons. The van der Waals surface area contributed by atoms with Gasteiger partial charge in [0.25, 0.3) is 0 Å². The van der Waals surface area contributed by atoms with Gasteiger partial charge in [0.05, 0.1) is 17.6 Å². The minimum atomic E-state index is 0.809. The number of fused-ring (bicyclic) bond motifs is 1. The highest BCUT2D eigenvalue weighted by Crippen LogP contribution is 2.19. The van der Waals surface area contributed by atoms with E-state index in [1.54, 1.807) is 0 Å². The number of aryl methyl sites for hydroxylation is 3. The number of benzene rings is 1. The summed E-state index contributed by atoms with van der Waals surface area (Å²) in [6.45, 7) is 5.07. The summed E-state index contributed by atoms with van der Waals surface area (Å²) in [4.78, 5) is 4.60. The van der Waals surface area contributed by atoms with E-state index in [-0.39, 0.29) is 0 Å². The van der Waals surface area contributed by atoms with Crippen molar-refractivity contribution in [1.82, 2.24) is 14.9 Å². The molecule has 0 spiro atoms. The quantitative estimate of drug-likeness (QED) is 0.808. The van der Waals surface area contributed by atoms with Crippen LogP contribution in [0.5, 0.6) is 0 Å². The van der Waals surface area contributed by atoms with Crippen LogP contribution >= 0.6 is 0 Å². The fourth-order valence-corrected chi connectivity index (χ4v) is 1.81. The highest BCUT2D eigenvalue weighted by Gasteiger charge is 2.07. The van der Waals surface area contributed by atoms with E-state index < -0.39 is 0 Å². The molecule has 0 unspecified atom stereocenters. The minimum absolute atomic E-state index is 0.809. The van der Waals surface area contributed by atoms with Crippen molar-refractivity contribution in [3.63, 3.8) is 0 Å². The second-order valence-electron chi connectivity index (χ2n) is 4.04.